The number of aryl methyl sites for hydroxylation is 1. The zero-order valence-electron chi connectivity index (χ0n) is 18.3. The minimum Gasteiger partial charge on any atom is -0.340 e. The number of hydrogen-bond acceptors (Lipinski definition) is 6. The second-order valence-electron chi connectivity index (χ2n) is 8.82. The van der Waals surface area contributed by atoms with Gasteiger partial charge in [-0.2, -0.15) is 0 Å². The Kier molecular flexibility index (Phi) is 6.08. The molecule has 8 nitrogen and oxygen atoms in total. The minimum atomic E-state index is -1.55. The van der Waals surface area contributed by atoms with Crippen LogP contribution in [0.1, 0.15) is 61.9 Å². The number of carbonyl (C=O) groups is 3. The molecule has 4 rings (SSSR count). The summed E-state index contributed by atoms with van der Waals surface area (Å²) in [6.45, 7) is 1.85. The molecule has 9 heteroatoms. The molecule has 0 bridgehead atoms. The van der Waals surface area contributed by atoms with E-state index in [1.165, 1.54) is 28.0 Å². The number of benzene rings is 1. The van der Waals surface area contributed by atoms with Crippen molar-refractivity contribution >= 4 is 17.7 Å². The molecule has 2 aromatic rings. The highest BCUT2D eigenvalue weighted by Crippen LogP contribution is 2.43. The van der Waals surface area contributed by atoms with Crippen molar-refractivity contribution < 1.29 is 23.4 Å². The van der Waals surface area contributed by atoms with Crippen molar-refractivity contribution in [1.82, 2.24) is 20.1 Å². The first kappa shape index (κ1) is 22.1. The van der Waals surface area contributed by atoms with Gasteiger partial charge in [0.1, 0.15) is 17.2 Å². The molecule has 2 heterocycles. The van der Waals surface area contributed by atoms with Gasteiger partial charge in [0.15, 0.2) is 0 Å². The molecule has 1 atom stereocenters. The van der Waals surface area contributed by atoms with Crippen LogP contribution in [-0.2, 0) is 26.3 Å². The van der Waals surface area contributed by atoms with Crippen LogP contribution in [0.3, 0.4) is 0 Å². The lowest BCUT2D eigenvalue weighted by Crippen LogP contribution is -2.47. The summed E-state index contributed by atoms with van der Waals surface area (Å²) in [7, 11) is 1.58. The van der Waals surface area contributed by atoms with E-state index in [1.54, 1.807) is 20.0 Å². The number of rotatable bonds is 6. The van der Waals surface area contributed by atoms with Gasteiger partial charge in [-0.15, -0.1) is 0 Å². The van der Waals surface area contributed by atoms with Crippen LogP contribution in [0.2, 0.25) is 0 Å². The summed E-state index contributed by atoms with van der Waals surface area (Å²) in [4.78, 5) is 42.7. The zero-order chi connectivity index (χ0) is 22.9. The highest BCUT2D eigenvalue weighted by molar-refractivity contribution is 6.11. The molecule has 0 spiro atoms. The first-order valence-electron chi connectivity index (χ1n) is 11.0. The number of nitrogens with zero attached hydrogens (tertiary/aromatic N) is 4. The second-order valence-corrected chi connectivity index (χ2v) is 8.82. The summed E-state index contributed by atoms with van der Waals surface area (Å²) < 4.78 is 19.6. The van der Waals surface area contributed by atoms with Crippen molar-refractivity contribution in [3.63, 3.8) is 0 Å². The molecule has 0 radical (unpaired) electrons. The van der Waals surface area contributed by atoms with Gasteiger partial charge in [-0.3, -0.25) is 19.3 Å². The molecule has 2 fully saturated rings. The second kappa shape index (κ2) is 8.80. The summed E-state index contributed by atoms with van der Waals surface area (Å²) in [5.41, 5.74) is -0.400. The van der Waals surface area contributed by atoms with Crippen LogP contribution in [0.4, 0.5) is 4.39 Å². The van der Waals surface area contributed by atoms with E-state index in [1.807, 2.05) is 0 Å². The van der Waals surface area contributed by atoms with Crippen molar-refractivity contribution in [3.05, 3.63) is 47.0 Å². The first-order chi connectivity index (χ1) is 15.3. The summed E-state index contributed by atoms with van der Waals surface area (Å²) in [5, 5.41) is 7.50. The van der Waals surface area contributed by atoms with Crippen molar-refractivity contribution in [2.75, 3.05) is 7.05 Å². The quantitative estimate of drug-likeness (QED) is 0.638. The number of halogens is 1. The van der Waals surface area contributed by atoms with Gasteiger partial charge < -0.3 is 4.90 Å². The molecule has 1 aromatic carbocycles. The molecule has 2 aliphatic rings. The standard InChI is InChI=1S/C23H27FN4O4/c1-15-19(26-32-25-15)14-27(2)20(29)12-23(17-10-6-7-11-18(17)24)13-21(30)28(22(23)31)16-8-4-3-5-9-16/h6-7,10-11,16H,3-5,8-9,12-14H2,1-2H3. The van der Waals surface area contributed by atoms with E-state index in [9.17, 15) is 18.8 Å². The summed E-state index contributed by atoms with van der Waals surface area (Å²) >= 11 is 0. The molecule has 1 aromatic heterocycles. The lowest BCUT2D eigenvalue weighted by molar-refractivity contribution is -0.145. The van der Waals surface area contributed by atoms with Crippen LogP contribution in [0.15, 0.2) is 28.9 Å². The van der Waals surface area contributed by atoms with E-state index in [2.05, 4.69) is 14.9 Å². The summed E-state index contributed by atoms with van der Waals surface area (Å²) in [5.74, 6) is -1.79. The number of imide groups is 1. The van der Waals surface area contributed by atoms with Crippen LogP contribution < -0.4 is 0 Å². The maximum absolute atomic E-state index is 14.9. The van der Waals surface area contributed by atoms with Crippen molar-refractivity contribution in [2.24, 2.45) is 0 Å². The largest absolute Gasteiger partial charge is 0.340 e. The van der Waals surface area contributed by atoms with Crippen molar-refractivity contribution in [1.29, 1.82) is 0 Å². The van der Waals surface area contributed by atoms with Gasteiger partial charge in [-0.25, -0.2) is 9.02 Å². The normalized spacial score (nSPS) is 21.9. The van der Waals surface area contributed by atoms with Crippen LogP contribution in [0.5, 0.6) is 0 Å². The SMILES string of the molecule is Cc1nonc1CN(C)C(=O)CC1(c2ccccc2F)CC(=O)N(C2CCCCC2)C1=O. The first-order valence-corrected chi connectivity index (χ1v) is 11.0. The predicted octanol–water partition coefficient (Wildman–Crippen LogP) is 2.90. The molecular weight excluding hydrogens is 415 g/mol. The monoisotopic (exact) mass is 442 g/mol. The smallest absolute Gasteiger partial charge is 0.241 e. The zero-order valence-corrected chi connectivity index (χ0v) is 18.3. The molecule has 1 aliphatic carbocycles. The molecule has 1 saturated carbocycles. The van der Waals surface area contributed by atoms with E-state index in [0.29, 0.717) is 11.4 Å². The number of aromatic nitrogens is 2. The molecule has 32 heavy (non-hydrogen) atoms. The maximum atomic E-state index is 14.9. The fraction of sp³-hybridized carbons (Fsp3) is 0.522. The highest BCUT2D eigenvalue weighted by Gasteiger charge is 2.56. The van der Waals surface area contributed by atoms with E-state index in [-0.39, 0.29) is 42.8 Å². The Bertz CT molecular complexity index is 1030. The topological polar surface area (TPSA) is 96.6 Å². The van der Waals surface area contributed by atoms with Gasteiger partial charge in [-0.1, -0.05) is 47.8 Å². The van der Waals surface area contributed by atoms with Crippen molar-refractivity contribution in [2.45, 2.75) is 69.9 Å². The molecule has 1 aliphatic heterocycles. The van der Waals surface area contributed by atoms with E-state index >= 15 is 0 Å². The Morgan fingerprint density at radius 1 is 1.22 bits per heavy atom. The van der Waals surface area contributed by atoms with Crippen LogP contribution in [0, 0.1) is 12.7 Å². The maximum Gasteiger partial charge on any atom is 0.241 e. The van der Waals surface area contributed by atoms with Crippen LogP contribution in [0.25, 0.3) is 0 Å². The number of hydrogen-bond donors (Lipinski definition) is 0. The molecule has 0 N–H and O–H groups in total. The average Bonchev–Trinajstić information content (AvgIpc) is 3.29. The third kappa shape index (κ3) is 3.91. The van der Waals surface area contributed by atoms with E-state index in [0.717, 1.165) is 32.1 Å². The van der Waals surface area contributed by atoms with Gasteiger partial charge in [0.05, 0.1) is 12.0 Å². The summed E-state index contributed by atoms with van der Waals surface area (Å²) in [6, 6.07) is 5.73. The third-order valence-corrected chi connectivity index (χ3v) is 6.69. The Hall–Kier alpha value is -3.10. The van der Waals surface area contributed by atoms with Crippen molar-refractivity contribution in [3.8, 4) is 0 Å². The minimum absolute atomic E-state index is 0.0951. The number of amides is 3. The Balaban J connectivity index is 1.66. The molecule has 1 saturated heterocycles. The third-order valence-electron chi connectivity index (χ3n) is 6.69. The van der Waals surface area contributed by atoms with Gasteiger partial charge in [0.2, 0.25) is 17.7 Å². The fourth-order valence-corrected chi connectivity index (χ4v) is 4.86. The Labute approximate surface area is 185 Å². The highest BCUT2D eigenvalue weighted by atomic mass is 19.1. The molecular formula is C23H27FN4O4. The Morgan fingerprint density at radius 2 is 1.94 bits per heavy atom. The fourth-order valence-electron chi connectivity index (χ4n) is 4.86. The van der Waals surface area contributed by atoms with E-state index < -0.39 is 17.1 Å². The van der Waals surface area contributed by atoms with E-state index in [4.69, 9.17) is 0 Å². The summed E-state index contributed by atoms with van der Waals surface area (Å²) in [6.07, 6.45) is 3.94. The molecule has 1 unspecified atom stereocenters. The molecule has 3 amide bonds. The molecule has 170 valence electrons. The lowest BCUT2D eigenvalue weighted by Gasteiger charge is -2.33. The van der Waals surface area contributed by atoms with Gasteiger partial charge in [-0.05, 0) is 25.8 Å². The van der Waals surface area contributed by atoms with Crippen LogP contribution >= 0.6 is 0 Å². The lowest BCUT2D eigenvalue weighted by atomic mass is 9.75. The van der Waals surface area contributed by atoms with Gasteiger partial charge in [0, 0.05) is 31.5 Å². The van der Waals surface area contributed by atoms with Gasteiger partial charge >= 0.3 is 0 Å². The van der Waals surface area contributed by atoms with Crippen LogP contribution in [-0.4, -0.2) is 50.9 Å². The number of carbonyl (C=O) groups excluding carboxylic acids is 3. The average molecular weight is 442 g/mol. The van der Waals surface area contributed by atoms with Gasteiger partial charge in [0.25, 0.3) is 0 Å². The number of likely N-dealkylation sites (tertiary alicyclic amines) is 1. The predicted molar refractivity (Wildman–Crippen MR) is 112 cm³/mol. The Morgan fingerprint density at radius 3 is 2.59 bits per heavy atom.